The molecule has 4 N–H and O–H groups in total. The molecule has 0 atom stereocenters. The van der Waals surface area contributed by atoms with Crippen LogP contribution < -0.4 is 5.73 Å². The molecule has 1 rings (SSSR count). The molecule has 0 bridgehead atoms. The Labute approximate surface area is 81.0 Å². The third kappa shape index (κ3) is 2.25. The van der Waals surface area contributed by atoms with Gasteiger partial charge in [-0.3, -0.25) is 0 Å². The predicted octanol–water partition coefficient (Wildman–Crippen LogP) is 0.311. The van der Waals surface area contributed by atoms with Crippen molar-refractivity contribution in [3.8, 4) is 11.8 Å². The number of hydrogen-bond donors (Lipinski definition) is 3. The molecule has 0 aliphatic heterocycles. The molecule has 72 valence electrons. The Kier molecular flexibility index (Phi) is 3.10. The largest absolute Gasteiger partial charge is 0.478 e. The number of aromatic carboxylic acids is 1. The number of anilines is 1. The van der Waals surface area contributed by atoms with Gasteiger partial charge < -0.3 is 15.9 Å². The maximum Gasteiger partial charge on any atom is 0.337 e. The van der Waals surface area contributed by atoms with Gasteiger partial charge in [-0.05, 0) is 18.2 Å². The van der Waals surface area contributed by atoms with E-state index in [9.17, 15) is 4.79 Å². The Bertz CT molecular complexity index is 415. The van der Waals surface area contributed by atoms with Crippen LogP contribution >= 0.6 is 0 Å². The molecule has 1 aromatic carbocycles. The molecule has 0 aromatic heterocycles. The topological polar surface area (TPSA) is 83.5 Å². The van der Waals surface area contributed by atoms with Crippen LogP contribution in [-0.4, -0.2) is 22.8 Å². The van der Waals surface area contributed by atoms with E-state index in [-0.39, 0.29) is 17.9 Å². The van der Waals surface area contributed by atoms with Gasteiger partial charge in [-0.25, -0.2) is 4.79 Å². The van der Waals surface area contributed by atoms with Gasteiger partial charge in [0.1, 0.15) is 6.61 Å². The van der Waals surface area contributed by atoms with Crippen molar-refractivity contribution in [3.05, 3.63) is 29.3 Å². The number of aliphatic hydroxyl groups is 1. The molecular weight excluding hydrogens is 182 g/mol. The first kappa shape index (κ1) is 10.1. The number of carbonyl (C=O) groups is 1. The van der Waals surface area contributed by atoms with Gasteiger partial charge >= 0.3 is 5.97 Å². The molecule has 0 spiro atoms. The minimum Gasteiger partial charge on any atom is -0.478 e. The van der Waals surface area contributed by atoms with E-state index in [2.05, 4.69) is 11.8 Å². The summed E-state index contributed by atoms with van der Waals surface area (Å²) in [5, 5.41) is 17.1. The van der Waals surface area contributed by atoms with E-state index in [1.807, 2.05) is 0 Å². The molecule has 0 saturated heterocycles. The Morgan fingerprint density at radius 3 is 2.71 bits per heavy atom. The summed E-state index contributed by atoms with van der Waals surface area (Å²) in [6.07, 6.45) is 0. The van der Waals surface area contributed by atoms with E-state index < -0.39 is 5.97 Å². The molecule has 0 aliphatic carbocycles. The van der Waals surface area contributed by atoms with Crippen LogP contribution in [0, 0.1) is 11.8 Å². The average molecular weight is 191 g/mol. The van der Waals surface area contributed by atoms with Crippen molar-refractivity contribution in [1.29, 1.82) is 0 Å². The summed E-state index contributed by atoms with van der Waals surface area (Å²) in [5.74, 6) is 4.01. The number of nitrogens with two attached hydrogens (primary N) is 1. The van der Waals surface area contributed by atoms with E-state index in [1.165, 1.54) is 12.1 Å². The zero-order chi connectivity index (χ0) is 10.6. The first-order chi connectivity index (χ1) is 6.65. The van der Waals surface area contributed by atoms with Gasteiger partial charge in [-0.2, -0.15) is 0 Å². The molecule has 0 unspecified atom stereocenters. The highest BCUT2D eigenvalue weighted by Gasteiger charge is 2.06. The fraction of sp³-hybridized carbons (Fsp3) is 0.100. The van der Waals surface area contributed by atoms with Gasteiger partial charge in [-0.1, -0.05) is 11.8 Å². The second kappa shape index (κ2) is 4.30. The number of carboxylic acid groups (broad SMARTS) is 1. The number of benzene rings is 1. The van der Waals surface area contributed by atoms with Gasteiger partial charge in [0, 0.05) is 11.3 Å². The molecule has 0 amide bonds. The average Bonchev–Trinajstić information content (AvgIpc) is 2.14. The fourth-order valence-electron chi connectivity index (χ4n) is 0.977. The van der Waals surface area contributed by atoms with E-state index in [0.717, 1.165) is 0 Å². The first-order valence-corrected chi connectivity index (χ1v) is 3.87. The Hall–Kier alpha value is -1.99. The van der Waals surface area contributed by atoms with Gasteiger partial charge in [0.15, 0.2) is 0 Å². The standard InChI is InChI=1S/C10H9NO3/c11-9-6-7(2-1-5-12)3-4-8(9)10(13)14/h3-4,6,12H,5,11H2,(H,13,14). The van der Waals surface area contributed by atoms with E-state index in [4.69, 9.17) is 15.9 Å². The maximum absolute atomic E-state index is 10.6. The monoisotopic (exact) mass is 191 g/mol. The Morgan fingerprint density at radius 1 is 1.50 bits per heavy atom. The second-order valence-corrected chi connectivity index (χ2v) is 2.57. The van der Waals surface area contributed by atoms with Crippen LogP contribution in [0.2, 0.25) is 0 Å². The smallest absolute Gasteiger partial charge is 0.337 e. The molecular formula is C10H9NO3. The van der Waals surface area contributed by atoms with Gasteiger partial charge in [-0.15, -0.1) is 0 Å². The minimum absolute atomic E-state index is 0.0551. The Morgan fingerprint density at radius 2 is 2.21 bits per heavy atom. The number of rotatable bonds is 1. The zero-order valence-corrected chi connectivity index (χ0v) is 7.32. The van der Waals surface area contributed by atoms with Crippen molar-refractivity contribution in [2.75, 3.05) is 12.3 Å². The summed E-state index contributed by atoms with van der Waals surface area (Å²) < 4.78 is 0. The Balaban J connectivity index is 3.06. The summed E-state index contributed by atoms with van der Waals surface area (Å²) in [6.45, 7) is -0.236. The van der Waals surface area contributed by atoms with Crippen molar-refractivity contribution in [1.82, 2.24) is 0 Å². The summed E-state index contributed by atoms with van der Waals surface area (Å²) in [5.41, 5.74) is 6.29. The zero-order valence-electron chi connectivity index (χ0n) is 7.32. The van der Waals surface area contributed by atoms with Crippen molar-refractivity contribution in [3.63, 3.8) is 0 Å². The third-order valence-electron chi connectivity index (χ3n) is 1.59. The molecule has 0 radical (unpaired) electrons. The highest BCUT2D eigenvalue weighted by molar-refractivity contribution is 5.93. The lowest BCUT2D eigenvalue weighted by atomic mass is 10.1. The van der Waals surface area contributed by atoms with Crippen LogP contribution in [0.4, 0.5) is 5.69 Å². The van der Waals surface area contributed by atoms with Gasteiger partial charge in [0.2, 0.25) is 0 Å². The first-order valence-electron chi connectivity index (χ1n) is 3.87. The predicted molar refractivity (Wildman–Crippen MR) is 51.8 cm³/mol. The highest BCUT2D eigenvalue weighted by Crippen LogP contribution is 2.13. The van der Waals surface area contributed by atoms with E-state index in [1.54, 1.807) is 6.07 Å². The van der Waals surface area contributed by atoms with Gasteiger partial charge in [0.05, 0.1) is 5.56 Å². The molecule has 14 heavy (non-hydrogen) atoms. The second-order valence-electron chi connectivity index (χ2n) is 2.57. The van der Waals surface area contributed by atoms with Crippen LogP contribution in [0.1, 0.15) is 15.9 Å². The lowest BCUT2D eigenvalue weighted by molar-refractivity contribution is 0.0698. The van der Waals surface area contributed by atoms with E-state index in [0.29, 0.717) is 5.56 Å². The number of hydrogen-bond acceptors (Lipinski definition) is 3. The quantitative estimate of drug-likeness (QED) is 0.440. The van der Waals surface area contributed by atoms with Gasteiger partial charge in [0.25, 0.3) is 0 Å². The van der Waals surface area contributed by atoms with Crippen molar-refractivity contribution in [2.24, 2.45) is 0 Å². The van der Waals surface area contributed by atoms with Crippen LogP contribution in [0.5, 0.6) is 0 Å². The fourth-order valence-corrected chi connectivity index (χ4v) is 0.977. The maximum atomic E-state index is 10.6. The molecule has 1 aromatic rings. The van der Waals surface area contributed by atoms with Crippen LogP contribution in [0.3, 0.4) is 0 Å². The van der Waals surface area contributed by atoms with Crippen molar-refractivity contribution in [2.45, 2.75) is 0 Å². The summed E-state index contributed by atoms with van der Waals surface area (Å²) in [6, 6.07) is 4.40. The lowest BCUT2D eigenvalue weighted by Crippen LogP contribution is -2.02. The molecule has 0 aliphatic rings. The van der Waals surface area contributed by atoms with Crippen LogP contribution in [-0.2, 0) is 0 Å². The summed E-state index contributed by atoms with van der Waals surface area (Å²) >= 11 is 0. The van der Waals surface area contributed by atoms with E-state index >= 15 is 0 Å². The normalized spacial score (nSPS) is 8.93. The number of nitrogen functional groups attached to an aromatic ring is 1. The van der Waals surface area contributed by atoms with Crippen molar-refractivity contribution < 1.29 is 15.0 Å². The minimum atomic E-state index is -1.07. The molecule has 4 nitrogen and oxygen atoms in total. The van der Waals surface area contributed by atoms with Crippen molar-refractivity contribution >= 4 is 11.7 Å². The lowest BCUT2D eigenvalue weighted by Gasteiger charge is -1.99. The summed E-state index contributed by atoms with van der Waals surface area (Å²) in [4.78, 5) is 10.6. The number of carboxylic acids is 1. The molecule has 0 heterocycles. The number of aliphatic hydroxyl groups excluding tert-OH is 1. The highest BCUT2D eigenvalue weighted by atomic mass is 16.4. The van der Waals surface area contributed by atoms with Crippen LogP contribution in [0.25, 0.3) is 0 Å². The third-order valence-corrected chi connectivity index (χ3v) is 1.59. The molecule has 0 saturated carbocycles. The van der Waals surface area contributed by atoms with Crippen LogP contribution in [0.15, 0.2) is 18.2 Å². The summed E-state index contributed by atoms with van der Waals surface area (Å²) in [7, 11) is 0. The molecule has 4 heteroatoms. The molecule has 0 fully saturated rings. The SMILES string of the molecule is Nc1cc(C#CCO)ccc1C(=O)O.